The Labute approximate surface area is 74.6 Å². The van der Waals surface area contributed by atoms with Gasteiger partial charge >= 0.3 is 0 Å². The topological polar surface area (TPSA) is 0 Å². The fourth-order valence-corrected chi connectivity index (χ4v) is 1.33. The Hall–Kier alpha value is -0.370. The maximum Gasteiger partial charge on any atom is 0.127 e. The molecule has 0 aliphatic rings. The van der Waals surface area contributed by atoms with Crippen molar-refractivity contribution in [3.8, 4) is 0 Å². The van der Waals surface area contributed by atoms with Gasteiger partial charge in [-0.05, 0) is 24.1 Å². The fourth-order valence-electron chi connectivity index (χ4n) is 0.994. The first-order chi connectivity index (χ1) is 5.24. The molecular weight excluding hydrogens is 207 g/mol. The zero-order chi connectivity index (χ0) is 8.27. The van der Waals surface area contributed by atoms with Gasteiger partial charge in [0.05, 0.1) is 0 Å². The van der Waals surface area contributed by atoms with Crippen LogP contribution in [0, 0.1) is 5.82 Å². The van der Waals surface area contributed by atoms with Crippen molar-refractivity contribution in [3.63, 3.8) is 0 Å². The van der Waals surface area contributed by atoms with Crippen molar-refractivity contribution in [1.82, 2.24) is 0 Å². The van der Waals surface area contributed by atoms with Gasteiger partial charge in [-0.3, -0.25) is 0 Å². The second kappa shape index (κ2) is 3.86. The summed E-state index contributed by atoms with van der Waals surface area (Å²) >= 11 is 3.21. The van der Waals surface area contributed by atoms with Gasteiger partial charge in [0.25, 0.3) is 0 Å². The number of aryl methyl sites for hydroxylation is 1. The largest absolute Gasteiger partial charge is 0.207 e. The Morgan fingerprint density at radius 2 is 2.18 bits per heavy atom. The summed E-state index contributed by atoms with van der Waals surface area (Å²) in [6, 6.07) is 5.20. The maximum absolute atomic E-state index is 13.0. The number of rotatable bonds is 2. The third kappa shape index (κ3) is 2.29. The van der Waals surface area contributed by atoms with E-state index >= 15 is 0 Å². The van der Waals surface area contributed by atoms with E-state index in [0.29, 0.717) is 0 Å². The van der Waals surface area contributed by atoms with Gasteiger partial charge in [0.2, 0.25) is 0 Å². The van der Waals surface area contributed by atoms with Crippen molar-refractivity contribution in [2.45, 2.75) is 19.8 Å². The van der Waals surface area contributed by atoms with Gasteiger partial charge in [0.1, 0.15) is 5.82 Å². The van der Waals surface area contributed by atoms with E-state index in [2.05, 4.69) is 15.9 Å². The minimum absolute atomic E-state index is 0.110. The molecule has 0 aliphatic heterocycles. The van der Waals surface area contributed by atoms with Crippen LogP contribution in [0.2, 0.25) is 0 Å². The average molecular weight is 217 g/mol. The quantitative estimate of drug-likeness (QED) is 0.710. The molecule has 0 N–H and O–H groups in total. The Bertz CT molecular complexity index is 245. The molecule has 0 saturated carbocycles. The molecule has 1 aromatic rings. The van der Waals surface area contributed by atoms with Crippen molar-refractivity contribution in [3.05, 3.63) is 34.1 Å². The number of hydrogen-bond donors (Lipinski definition) is 0. The predicted octanol–water partition coefficient (Wildman–Crippen LogP) is 3.54. The van der Waals surface area contributed by atoms with E-state index in [1.807, 2.05) is 19.1 Å². The lowest BCUT2D eigenvalue weighted by Crippen LogP contribution is -1.88. The Kier molecular flexibility index (Phi) is 3.06. The van der Waals surface area contributed by atoms with Crippen LogP contribution in [-0.4, -0.2) is 0 Å². The summed E-state index contributed by atoms with van der Waals surface area (Å²) in [6.45, 7) is 2.04. The summed E-state index contributed by atoms with van der Waals surface area (Å²) in [5, 5.41) is 0. The minimum atomic E-state index is -0.110. The van der Waals surface area contributed by atoms with Crippen LogP contribution in [0.25, 0.3) is 0 Å². The molecule has 0 spiro atoms. The van der Waals surface area contributed by atoms with Crippen LogP contribution < -0.4 is 0 Å². The van der Waals surface area contributed by atoms with Gasteiger partial charge in [-0.1, -0.05) is 35.3 Å². The van der Waals surface area contributed by atoms with Gasteiger partial charge in [-0.15, -0.1) is 0 Å². The molecule has 1 rings (SSSR count). The van der Waals surface area contributed by atoms with E-state index in [4.69, 9.17) is 0 Å². The van der Waals surface area contributed by atoms with E-state index in [9.17, 15) is 4.39 Å². The van der Waals surface area contributed by atoms with Crippen molar-refractivity contribution < 1.29 is 4.39 Å². The summed E-state index contributed by atoms with van der Waals surface area (Å²) in [5.74, 6) is -0.110. The first-order valence-corrected chi connectivity index (χ1v) is 4.47. The van der Waals surface area contributed by atoms with E-state index in [-0.39, 0.29) is 5.82 Å². The molecule has 0 nitrogen and oxygen atoms in total. The summed E-state index contributed by atoms with van der Waals surface area (Å²) in [6.07, 6.45) is 1.80. The van der Waals surface area contributed by atoms with Crippen molar-refractivity contribution in [2.24, 2.45) is 0 Å². The third-order valence-corrected chi connectivity index (χ3v) is 2.03. The van der Waals surface area contributed by atoms with Crippen molar-refractivity contribution in [2.75, 3.05) is 0 Å². The van der Waals surface area contributed by atoms with Crippen LogP contribution in [0.5, 0.6) is 0 Å². The second-order valence-corrected chi connectivity index (χ2v) is 3.40. The van der Waals surface area contributed by atoms with E-state index in [1.165, 1.54) is 6.07 Å². The summed E-state index contributed by atoms with van der Waals surface area (Å²) in [4.78, 5) is 0. The lowest BCUT2D eigenvalue weighted by Gasteiger charge is -2.00. The molecule has 0 radical (unpaired) electrons. The van der Waals surface area contributed by atoms with Gasteiger partial charge in [0, 0.05) is 4.47 Å². The van der Waals surface area contributed by atoms with Gasteiger partial charge in [-0.2, -0.15) is 0 Å². The first kappa shape index (κ1) is 8.72. The smallest absolute Gasteiger partial charge is 0.127 e. The number of halogens is 2. The highest BCUT2D eigenvalue weighted by Crippen LogP contribution is 2.16. The fraction of sp³-hybridized carbons (Fsp3) is 0.333. The summed E-state index contributed by atoms with van der Waals surface area (Å²) in [7, 11) is 0. The molecule has 0 bridgehead atoms. The molecule has 1 aromatic carbocycles. The van der Waals surface area contributed by atoms with E-state index in [0.717, 1.165) is 22.9 Å². The molecule has 0 amide bonds. The van der Waals surface area contributed by atoms with Crippen LogP contribution >= 0.6 is 15.9 Å². The van der Waals surface area contributed by atoms with E-state index in [1.54, 1.807) is 0 Å². The Morgan fingerprint density at radius 1 is 1.45 bits per heavy atom. The molecule has 0 fully saturated rings. The van der Waals surface area contributed by atoms with Crippen LogP contribution in [0.3, 0.4) is 0 Å². The van der Waals surface area contributed by atoms with E-state index < -0.39 is 0 Å². The standard InChI is InChI=1S/C9H10BrF/c1-2-3-7-4-5-8(10)6-9(7)11/h4-6H,2-3H2,1H3. The molecule has 2 heteroatoms. The van der Waals surface area contributed by atoms with Crippen LogP contribution in [-0.2, 0) is 6.42 Å². The van der Waals surface area contributed by atoms with Gasteiger partial charge < -0.3 is 0 Å². The third-order valence-electron chi connectivity index (χ3n) is 1.53. The van der Waals surface area contributed by atoms with Crippen LogP contribution in [0.1, 0.15) is 18.9 Å². The monoisotopic (exact) mass is 216 g/mol. The molecule has 0 heterocycles. The highest BCUT2D eigenvalue weighted by molar-refractivity contribution is 9.10. The highest BCUT2D eigenvalue weighted by Gasteiger charge is 1.99. The SMILES string of the molecule is CCCc1ccc(Br)cc1F. The lowest BCUT2D eigenvalue weighted by atomic mass is 10.1. The maximum atomic E-state index is 13.0. The molecule has 0 atom stereocenters. The number of hydrogen-bond acceptors (Lipinski definition) is 0. The van der Waals surface area contributed by atoms with Gasteiger partial charge in [-0.25, -0.2) is 4.39 Å². The normalized spacial score (nSPS) is 10.1. The zero-order valence-corrected chi connectivity index (χ0v) is 7.99. The lowest BCUT2D eigenvalue weighted by molar-refractivity contribution is 0.606. The predicted molar refractivity (Wildman–Crippen MR) is 48.1 cm³/mol. The average Bonchev–Trinajstić information content (AvgIpc) is 1.95. The summed E-state index contributed by atoms with van der Waals surface area (Å²) in [5.41, 5.74) is 0.802. The Balaban J connectivity index is 2.90. The molecule has 0 unspecified atom stereocenters. The summed E-state index contributed by atoms with van der Waals surface area (Å²) < 4.78 is 13.8. The second-order valence-electron chi connectivity index (χ2n) is 2.49. The number of benzene rings is 1. The molecular formula is C9H10BrF. The minimum Gasteiger partial charge on any atom is -0.207 e. The Morgan fingerprint density at radius 3 is 2.73 bits per heavy atom. The van der Waals surface area contributed by atoms with Crippen LogP contribution in [0.4, 0.5) is 4.39 Å². The van der Waals surface area contributed by atoms with Crippen molar-refractivity contribution >= 4 is 15.9 Å². The van der Waals surface area contributed by atoms with Gasteiger partial charge in [0.15, 0.2) is 0 Å². The zero-order valence-electron chi connectivity index (χ0n) is 6.40. The molecule has 0 aliphatic carbocycles. The van der Waals surface area contributed by atoms with Crippen LogP contribution in [0.15, 0.2) is 22.7 Å². The molecule has 60 valence electrons. The molecule has 11 heavy (non-hydrogen) atoms. The highest BCUT2D eigenvalue weighted by atomic mass is 79.9. The first-order valence-electron chi connectivity index (χ1n) is 3.68. The molecule has 0 saturated heterocycles. The molecule has 0 aromatic heterocycles. The van der Waals surface area contributed by atoms with Crippen molar-refractivity contribution in [1.29, 1.82) is 0 Å².